The van der Waals surface area contributed by atoms with Gasteiger partial charge >= 0.3 is 5.97 Å². The number of benzene rings is 1. The number of nitriles is 1. The normalized spacial score (nSPS) is 18.4. The third-order valence-corrected chi connectivity index (χ3v) is 5.08. The van der Waals surface area contributed by atoms with Gasteiger partial charge in [0.1, 0.15) is 11.8 Å². The number of sulfone groups is 1. The van der Waals surface area contributed by atoms with Crippen molar-refractivity contribution in [2.75, 3.05) is 24.7 Å². The molecule has 1 fully saturated rings. The lowest BCUT2D eigenvalue weighted by Gasteiger charge is -2.11. The van der Waals surface area contributed by atoms with Crippen molar-refractivity contribution in [3.05, 3.63) is 29.8 Å². The molecule has 1 heterocycles. The molecule has 1 aliphatic heterocycles. The van der Waals surface area contributed by atoms with E-state index in [0.29, 0.717) is 6.42 Å². The molecule has 0 radical (unpaired) electrons. The number of carbonyl (C=O) groups excluding carboxylic acids is 2. The van der Waals surface area contributed by atoms with Crippen molar-refractivity contribution in [3.8, 4) is 11.8 Å². The molecule has 0 aromatic heterocycles. The minimum atomic E-state index is -3.09. The van der Waals surface area contributed by atoms with E-state index in [-0.39, 0.29) is 22.8 Å². The maximum Gasteiger partial charge on any atom is 0.344 e. The summed E-state index contributed by atoms with van der Waals surface area (Å²) in [7, 11) is -3.09. The van der Waals surface area contributed by atoms with Crippen LogP contribution in [0.1, 0.15) is 12.0 Å². The fourth-order valence-electron chi connectivity index (χ4n) is 2.19. The molecule has 0 bridgehead atoms. The minimum absolute atomic E-state index is 0.0455. The summed E-state index contributed by atoms with van der Waals surface area (Å²) < 4.78 is 32.5. The van der Waals surface area contributed by atoms with Crippen molar-refractivity contribution in [1.29, 1.82) is 5.26 Å². The van der Waals surface area contributed by atoms with Gasteiger partial charge in [-0.1, -0.05) is 12.1 Å². The smallest absolute Gasteiger partial charge is 0.344 e. The topological polar surface area (TPSA) is 123 Å². The Morgan fingerprint density at radius 1 is 1.29 bits per heavy atom. The molecule has 1 amide bonds. The van der Waals surface area contributed by atoms with Gasteiger partial charge in [0.15, 0.2) is 23.1 Å². The van der Waals surface area contributed by atoms with E-state index in [2.05, 4.69) is 5.32 Å². The molecule has 8 nitrogen and oxygen atoms in total. The van der Waals surface area contributed by atoms with E-state index in [0.717, 1.165) is 0 Å². The predicted molar refractivity (Wildman–Crippen MR) is 82.8 cm³/mol. The Bertz CT molecular complexity index is 768. The molecule has 1 aliphatic rings. The molecule has 128 valence electrons. The second-order valence-electron chi connectivity index (χ2n) is 5.22. The van der Waals surface area contributed by atoms with Gasteiger partial charge in [-0.05, 0) is 18.6 Å². The Morgan fingerprint density at radius 3 is 2.71 bits per heavy atom. The van der Waals surface area contributed by atoms with Crippen LogP contribution in [-0.2, 0) is 24.2 Å². The number of amides is 1. The molecule has 9 heteroatoms. The number of nitrogens with zero attached hydrogens (tertiary/aromatic N) is 1. The molecule has 0 unspecified atom stereocenters. The molecule has 1 atom stereocenters. The number of nitrogens with one attached hydrogen (secondary N) is 1. The number of rotatable bonds is 6. The highest BCUT2D eigenvalue weighted by molar-refractivity contribution is 7.91. The molecule has 1 N–H and O–H groups in total. The van der Waals surface area contributed by atoms with Crippen LogP contribution in [0.2, 0.25) is 0 Å². The molecule has 0 spiro atoms. The van der Waals surface area contributed by atoms with Crippen molar-refractivity contribution in [1.82, 2.24) is 5.32 Å². The molecule has 1 aromatic carbocycles. The maximum absolute atomic E-state index is 11.6. The zero-order chi connectivity index (χ0) is 17.6. The van der Waals surface area contributed by atoms with Crippen molar-refractivity contribution < 1.29 is 27.5 Å². The van der Waals surface area contributed by atoms with Gasteiger partial charge in [-0.3, -0.25) is 4.79 Å². The first-order valence-electron chi connectivity index (χ1n) is 7.17. The highest BCUT2D eigenvalue weighted by Gasteiger charge is 2.29. The Kier molecular flexibility index (Phi) is 5.76. The van der Waals surface area contributed by atoms with Crippen LogP contribution in [-0.4, -0.2) is 51.1 Å². The number of para-hydroxylation sites is 1. The van der Waals surface area contributed by atoms with Gasteiger partial charge < -0.3 is 14.8 Å². The summed E-state index contributed by atoms with van der Waals surface area (Å²) in [6.07, 6.45) is 0.357. The first-order valence-corrected chi connectivity index (χ1v) is 8.99. The lowest BCUT2D eigenvalue weighted by Crippen LogP contribution is -2.38. The summed E-state index contributed by atoms with van der Waals surface area (Å²) in [5.74, 6) is -1.14. The van der Waals surface area contributed by atoms with E-state index in [4.69, 9.17) is 14.7 Å². The van der Waals surface area contributed by atoms with Gasteiger partial charge in [0.25, 0.3) is 5.91 Å². The molecule has 0 aliphatic carbocycles. The van der Waals surface area contributed by atoms with Crippen molar-refractivity contribution in [3.63, 3.8) is 0 Å². The molecule has 24 heavy (non-hydrogen) atoms. The third-order valence-electron chi connectivity index (χ3n) is 3.31. The Hall–Kier alpha value is -2.60. The number of ether oxygens (including phenoxy) is 2. The molecular formula is C15H16N2O6S. The second-order valence-corrected chi connectivity index (χ2v) is 7.45. The highest BCUT2D eigenvalue weighted by atomic mass is 32.2. The van der Waals surface area contributed by atoms with Gasteiger partial charge in [0, 0.05) is 6.04 Å². The summed E-state index contributed by atoms with van der Waals surface area (Å²) >= 11 is 0. The summed E-state index contributed by atoms with van der Waals surface area (Å²) in [6.45, 7) is -0.956. The standard InChI is InChI=1S/C15H16N2O6S/c16-7-11-3-1-2-4-13(11)22-9-15(19)23-8-14(18)17-12-5-6-24(20,21)10-12/h1-4,12H,5-6,8-10H2,(H,17,18)/t12-/m0/s1. The van der Waals surface area contributed by atoms with Gasteiger partial charge in [-0.2, -0.15) is 5.26 Å². The van der Waals surface area contributed by atoms with E-state index in [9.17, 15) is 18.0 Å². The van der Waals surface area contributed by atoms with E-state index >= 15 is 0 Å². The van der Waals surface area contributed by atoms with Crippen LogP contribution < -0.4 is 10.1 Å². The molecule has 2 rings (SSSR count). The summed E-state index contributed by atoms with van der Waals surface area (Å²) in [5, 5.41) is 11.4. The average molecular weight is 352 g/mol. The zero-order valence-corrected chi connectivity index (χ0v) is 13.5. The lowest BCUT2D eigenvalue weighted by molar-refractivity contribution is -0.150. The zero-order valence-electron chi connectivity index (χ0n) is 12.7. The van der Waals surface area contributed by atoms with Gasteiger partial charge in [0.2, 0.25) is 0 Å². The van der Waals surface area contributed by atoms with E-state index < -0.39 is 41.0 Å². The van der Waals surface area contributed by atoms with E-state index in [1.54, 1.807) is 24.3 Å². The Labute approximate surface area is 139 Å². The fraction of sp³-hybridized carbons (Fsp3) is 0.400. The fourth-order valence-corrected chi connectivity index (χ4v) is 3.86. The second kappa shape index (κ2) is 7.79. The summed E-state index contributed by atoms with van der Waals surface area (Å²) in [4.78, 5) is 23.2. The van der Waals surface area contributed by atoms with Crippen LogP contribution in [0.3, 0.4) is 0 Å². The average Bonchev–Trinajstić information content (AvgIpc) is 2.89. The number of esters is 1. The summed E-state index contributed by atoms with van der Waals surface area (Å²) in [5.41, 5.74) is 0.283. The SMILES string of the molecule is N#Cc1ccccc1OCC(=O)OCC(=O)N[C@H]1CCS(=O)(=O)C1. The van der Waals surface area contributed by atoms with Crippen LogP contribution in [0.15, 0.2) is 24.3 Å². The van der Waals surface area contributed by atoms with Crippen LogP contribution in [0.25, 0.3) is 0 Å². The first kappa shape index (κ1) is 17.7. The van der Waals surface area contributed by atoms with Crippen LogP contribution >= 0.6 is 0 Å². The molecule has 0 saturated carbocycles. The van der Waals surface area contributed by atoms with Crippen molar-refractivity contribution >= 4 is 21.7 Å². The largest absolute Gasteiger partial charge is 0.481 e. The first-order chi connectivity index (χ1) is 11.4. The van der Waals surface area contributed by atoms with Crippen LogP contribution in [0.4, 0.5) is 0 Å². The lowest BCUT2D eigenvalue weighted by atomic mass is 10.2. The predicted octanol–water partition coefficient (Wildman–Crippen LogP) is -0.216. The van der Waals surface area contributed by atoms with Gasteiger partial charge in [-0.15, -0.1) is 0 Å². The highest BCUT2D eigenvalue weighted by Crippen LogP contribution is 2.16. The number of carbonyl (C=O) groups is 2. The maximum atomic E-state index is 11.6. The number of hydrogen-bond donors (Lipinski definition) is 1. The monoisotopic (exact) mass is 352 g/mol. The van der Waals surface area contributed by atoms with Crippen molar-refractivity contribution in [2.45, 2.75) is 12.5 Å². The third kappa shape index (κ3) is 5.24. The van der Waals surface area contributed by atoms with Gasteiger partial charge in [0.05, 0.1) is 17.1 Å². The Balaban J connectivity index is 1.71. The van der Waals surface area contributed by atoms with E-state index in [1.165, 1.54) is 0 Å². The van der Waals surface area contributed by atoms with Gasteiger partial charge in [-0.25, -0.2) is 13.2 Å². The quantitative estimate of drug-likeness (QED) is 0.702. The molecule has 1 saturated heterocycles. The van der Waals surface area contributed by atoms with Crippen LogP contribution in [0.5, 0.6) is 5.75 Å². The minimum Gasteiger partial charge on any atom is -0.481 e. The van der Waals surface area contributed by atoms with Crippen LogP contribution in [0, 0.1) is 11.3 Å². The Morgan fingerprint density at radius 2 is 2.04 bits per heavy atom. The molecule has 1 aromatic rings. The summed E-state index contributed by atoms with van der Waals surface area (Å²) in [6, 6.07) is 7.89. The van der Waals surface area contributed by atoms with E-state index in [1.807, 2.05) is 6.07 Å². The number of hydrogen-bond acceptors (Lipinski definition) is 7. The van der Waals surface area contributed by atoms with Crippen molar-refractivity contribution in [2.24, 2.45) is 0 Å². The molecular weight excluding hydrogens is 336 g/mol.